The normalized spacial score (nSPS) is 10.0. The van der Waals surface area contributed by atoms with Gasteiger partial charge in [0, 0.05) is 18.7 Å². The molecule has 0 spiro atoms. The van der Waals surface area contributed by atoms with E-state index in [1.165, 1.54) is 11.1 Å². The maximum Gasteiger partial charge on any atom is 0.303 e. The lowest BCUT2D eigenvalue weighted by Crippen LogP contribution is -2.06. The fraction of sp³-hybridized carbons (Fsp3) is 0.417. The first-order valence-electron chi connectivity index (χ1n) is 5.13. The minimum atomic E-state index is -0.738. The fourth-order valence-electron chi connectivity index (χ4n) is 1.41. The number of carbonyl (C=O) groups is 1. The molecule has 3 nitrogen and oxygen atoms in total. The molecule has 0 saturated heterocycles. The number of anilines is 1. The first-order valence-corrected chi connectivity index (χ1v) is 5.13. The van der Waals surface area contributed by atoms with Gasteiger partial charge in [-0.3, -0.25) is 4.79 Å². The largest absolute Gasteiger partial charge is 0.481 e. The Kier molecular flexibility index (Phi) is 4.16. The van der Waals surface area contributed by atoms with Crippen molar-refractivity contribution in [2.75, 3.05) is 11.9 Å². The lowest BCUT2D eigenvalue weighted by atomic mass is 10.1. The second-order valence-corrected chi connectivity index (χ2v) is 3.67. The lowest BCUT2D eigenvalue weighted by Gasteiger charge is -2.10. The zero-order valence-electron chi connectivity index (χ0n) is 9.21. The smallest absolute Gasteiger partial charge is 0.303 e. The summed E-state index contributed by atoms with van der Waals surface area (Å²) in [6.07, 6.45) is 0.876. The van der Waals surface area contributed by atoms with E-state index in [0.717, 1.165) is 5.69 Å². The molecule has 3 heteroatoms. The van der Waals surface area contributed by atoms with Crippen LogP contribution in [0.3, 0.4) is 0 Å². The topological polar surface area (TPSA) is 49.3 Å². The standard InChI is InChI=1S/C12H17NO2/c1-9-5-3-6-11(10(9)2)13-8-4-7-12(14)15/h3,5-6,13H,4,7-8H2,1-2H3,(H,14,15). The monoisotopic (exact) mass is 207 g/mol. The number of benzene rings is 1. The summed E-state index contributed by atoms with van der Waals surface area (Å²) in [5, 5.41) is 11.7. The van der Waals surface area contributed by atoms with Crippen LogP contribution in [0.25, 0.3) is 0 Å². The summed E-state index contributed by atoms with van der Waals surface area (Å²) >= 11 is 0. The SMILES string of the molecule is Cc1cccc(NCCCC(=O)O)c1C. The summed E-state index contributed by atoms with van der Waals surface area (Å²) in [7, 11) is 0. The van der Waals surface area contributed by atoms with Crippen molar-refractivity contribution in [1.29, 1.82) is 0 Å². The van der Waals surface area contributed by atoms with E-state index in [0.29, 0.717) is 13.0 Å². The van der Waals surface area contributed by atoms with Crippen LogP contribution < -0.4 is 5.32 Å². The molecule has 0 amide bonds. The van der Waals surface area contributed by atoms with Crippen molar-refractivity contribution in [3.8, 4) is 0 Å². The third kappa shape index (κ3) is 3.62. The molecule has 15 heavy (non-hydrogen) atoms. The Morgan fingerprint density at radius 3 is 2.80 bits per heavy atom. The van der Waals surface area contributed by atoms with Gasteiger partial charge in [0.25, 0.3) is 0 Å². The molecule has 0 aliphatic rings. The number of carboxylic acid groups (broad SMARTS) is 1. The molecule has 0 aliphatic carbocycles. The van der Waals surface area contributed by atoms with Gasteiger partial charge in [0.2, 0.25) is 0 Å². The Hall–Kier alpha value is -1.51. The molecule has 0 radical (unpaired) electrons. The molecule has 0 heterocycles. The molecular weight excluding hydrogens is 190 g/mol. The van der Waals surface area contributed by atoms with Gasteiger partial charge in [-0.05, 0) is 37.5 Å². The van der Waals surface area contributed by atoms with Gasteiger partial charge in [0.05, 0.1) is 0 Å². The van der Waals surface area contributed by atoms with Gasteiger partial charge in [-0.1, -0.05) is 12.1 Å². The van der Waals surface area contributed by atoms with Gasteiger partial charge in [-0.2, -0.15) is 0 Å². The van der Waals surface area contributed by atoms with Crippen molar-refractivity contribution in [3.05, 3.63) is 29.3 Å². The highest BCUT2D eigenvalue weighted by Gasteiger charge is 2.00. The predicted molar refractivity (Wildman–Crippen MR) is 61.3 cm³/mol. The molecule has 1 rings (SSSR count). The molecule has 0 saturated carbocycles. The van der Waals surface area contributed by atoms with E-state index >= 15 is 0 Å². The third-order valence-electron chi connectivity index (χ3n) is 2.49. The highest BCUT2D eigenvalue weighted by molar-refractivity contribution is 5.66. The Balaban J connectivity index is 2.44. The molecular formula is C12H17NO2. The van der Waals surface area contributed by atoms with E-state index in [4.69, 9.17) is 5.11 Å². The molecule has 0 bridgehead atoms. The average Bonchev–Trinajstić information content (AvgIpc) is 2.18. The van der Waals surface area contributed by atoms with E-state index in [1.807, 2.05) is 12.1 Å². The van der Waals surface area contributed by atoms with E-state index in [1.54, 1.807) is 0 Å². The molecule has 1 aromatic carbocycles. The van der Waals surface area contributed by atoms with Crippen LogP contribution >= 0.6 is 0 Å². The molecule has 1 aromatic rings. The average molecular weight is 207 g/mol. The van der Waals surface area contributed by atoms with Crippen molar-refractivity contribution in [3.63, 3.8) is 0 Å². The van der Waals surface area contributed by atoms with Gasteiger partial charge in [-0.15, -0.1) is 0 Å². The summed E-state index contributed by atoms with van der Waals surface area (Å²) < 4.78 is 0. The Morgan fingerprint density at radius 2 is 2.13 bits per heavy atom. The van der Waals surface area contributed by atoms with Crippen molar-refractivity contribution in [1.82, 2.24) is 0 Å². The molecule has 0 atom stereocenters. The third-order valence-corrected chi connectivity index (χ3v) is 2.49. The van der Waals surface area contributed by atoms with Crippen LogP contribution in [0.1, 0.15) is 24.0 Å². The molecule has 0 aromatic heterocycles. The first-order chi connectivity index (χ1) is 7.11. The number of nitrogens with one attached hydrogen (secondary N) is 1. The number of carboxylic acids is 1. The maximum absolute atomic E-state index is 10.3. The Labute approximate surface area is 90.1 Å². The number of hydrogen-bond acceptors (Lipinski definition) is 2. The van der Waals surface area contributed by atoms with Crippen molar-refractivity contribution >= 4 is 11.7 Å². The molecule has 0 aliphatic heterocycles. The van der Waals surface area contributed by atoms with Gasteiger partial charge in [0.15, 0.2) is 0 Å². The molecule has 82 valence electrons. The highest BCUT2D eigenvalue weighted by atomic mass is 16.4. The summed E-state index contributed by atoms with van der Waals surface area (Å²) in [5.41, 5.74) is 3.58. The van der Waals surface area contributed by atoms with Crippen LogP contribution in [0.4, 0.5) is 5.69 Å². The zero-order chi connectivity index (χ0) is 11.3. The van der Waals surface area contributed by atoms with E-state index < -0.39 is 5.97 Å². The van der Waals surface area contributed by atoms with Crippen LogP contribution in [-0.4, -0.2) is 17.6 Å². The van der Waals surface area contributed by atoms with Crippen molar-refractivity contribution < 1.29 is 9.90 Å². The van der Waals surface area contributed by atoms with Gasteiger partial charge in [-0.25, -0.2) is 0 Å². The zero-order valence-corrected chi connectivity index (χ0v) is 9.21. The molecule has 0 unspecified atom stereocenters. The van der Waals surface area contributed by atoms with Crippen LogP contribution in [0.2, 0.25) is 0 Å². The maximum atomic E-state index is 10.3. The predicted octanol–water partition coefficient (Wildman–Crippen LogP) is 2.58. The second-order valence-electron chi connectivity index (χ2n) is 3.67. The van der Waals surface area contributed by atoms with Crippen LogP contribution in [-0.2, 0) is 4.79 Å². The van der Waals surface area contributed by atoms with Gasteiger partial charge < -0.3 is 10.4 Å². The van der Waals surface area contributed by atoms with Crippen LogP contribution in [0.15, 0.2) is 18.2 Å². The van der Waals surface area contributed by atoms with E-state index in [-0.39, 0.29) is 6.42 Å². The second kappa shape index (κ2) is 5.39. The molecule has 0 fully saturated rings. The lowest BCUT2D eigenvalue weighted by molar-refractivity contribution is -0.137. The number of hydrogen-bond donors (Lipinski definition) is 2. The van der Waals surface area contributed by atoms with Crippen LogP contribution in [0.5, 0.6) is 0 Å². The summed E-state index contributed by atoms with van der Waals surface area (Å²) in [6, 6.07) is 6.09. The number of aliphatic carboxylic acids is 1. The summed E-state index contributed by atoms with van der Waals surface area (Å²) in [5.74, 6) is -0.738. The van der Waals surface area contributed by atoms with Gasteiger partial charge in [0.1, 0.15) is 0 Å². The number of aryl methyl sites for hydroxylation is 1. The Morgan fingerprint density at radius 1 is 1.40 bits per heavy atom. The summed E-state index contributed by atoms with van der Waals surface area (Å²) in [6.45, 7) is 4.84. The van der Waals surface area contributed by atoms with Crippen molar-refractivity contribution in [2.24, 2.45) is 0 Å². The van der Waals surface area contributed by atoms with Crippen LogP contribution in [0, 0.1) is 13.8 Å². The minimum Gasteiger partial charge on any atom is -0.481 e. The number of rotatable bonds is 5. The minimum absolute atomic E-state index is 0.220. The van der Waals surface area contributed by atoms with Gasteiger partial charge >= 0.3 is 5.97 Å². The van der Waals surface area contributed by atoms with Crippen molar-refractivity contribution in [2.45, 2.75) is 26.7 Å². The fourth-order valence-corrected chi connectivity index (χ4v) is 1.41. The first kappa shape index (κ1) is 11.6. The van der Waals surface area contributed by atoms with E-state index in [2.05, 4.69) is 25.2 Å². The van der Waals surface area contributed by atoms with E-state index in [9.17, 15) is 4.79 Å². The Bertz CT molecular complexity index is 347. The summed E-state index contributed by atoms with van der Waals surface area (Å²) in [4.78, 5) is 10.3. The molecule has 2 N–H and O–H groups in total. The quantitative estimate of drug-likeness (QED) is 0.729. The highest BCUT2D eigenvalue weighted by Crippen LogP contribution is 2.17.